The van der Waals surface area contributed by atoms with E-state index in [2.05, 4.69) is 48.0 Å². The molecule has 1 aliphatic heterocycles. The molecule has 0 bridgehead atoms. The number of nitrogens with zero attached hydrogens (tertiary/aromatic N) is 4. The average molecular weight is 291 g/mol. The SMILES string of the molecule is CNCc1nc(C(C)C)ncc1N(C)CC1CCCN1C. The zero-order chi connectivity index (χ0) is 15.4. The van der Waals surface area contributed by atoms with Gasteiger partial charge in [0, 0.05) is 32.1 Å². The molecule has 0 aromatic carbocycles. The van der Waals surface area contributed by atoms with E-state index in [0.29, 0.717) is 12.0 Å². The monoisotopic (exact) mass is 291 g/mol. The zero-order valence-electron chi connectivity index (χ0n) is 14.1. The lowest BCUT2D eigenvalue weighted by molar-refractivity contribution is 0.314. The van der Waals surface area contributed by atoms with Gasteiger partial charge in [-0.25, -0.2) is 9.97 Å². The Morgan fingerprint density at radius 2 is 2.24 bits per heavy atom. The molecule has 2 rings (SSSR count). The fourth-order valence-electron chi connectivity index (χ4n) is 2.95. The lowest BCUT2D eigenvalue weighted by atomic mass is 10.1. The third-order valence-electron chi connectivity index (χ3n) is 4.29. The van der Waals surface area contributed by atoms with Gasteiger partial charge in [0.2, 0.25) is 0 Å². The predicted octanol–water partition coefficient (Wildman–Crippen LogP) is 1.85. The fourth-order valence-corrected chi connectivity index (χ4v) is 2.95. The summed E-state index contributed by atoms with van der Waals surface area (Å²) in [6, 6.07) is 0.641. The Morgan fingerprint density at radius 1 is 1.48 bits per heavy atom. The first-order valence-electron chi connectivity index (χ1n) is 7.94. The summed E-state index contributed by atoms with van der Waals surface area (Å²) in [5.41, 5.74) is 2.24. The molecule has 1 N–H and O–H groups in total. The predicted molar refractivity (Wildman–Crippen MR) is 87.8 cm³/mol. The molecule has 5 nitrogen and oxygen atoms in total. The molecule has 1 saturated heterocycles. The number of rotatable bonds is 6. The first kappa shape index (κ1) is 16.2. The fraction of sp³-hybridized carbons (Fsp3) is 0.750. The zero-order valence-corrected chi connectivity index (χ0v) is 14.1. The van der Waals surface area contributed by atoms with Gasteiger partial charge in [-0.3, -0.25) is 0 Å². The second kappa shape index (κ2) is 7.18. The first-order valence-corrected chi connectivity index (χ1v) is 7.94. The van der Waals surface area contributed by atoms with E-state index in [9.17, 15) is 0 Å². The van der Waals surface area contributed by atoms with E-state index in [-0.39, 0.29) is 0 Å². The molecule has 1 unspecified atom stereocenters. The van der Waals surface area contributed by atoms with Gasteiger partial charge in [0.1, 0.15) is 5.82 Å². The van der Waals surface area contributed by atoms with Gasteiger partial charge < -0.3 is 15.1 Å². The molecule has 21 heavy (non-hydrogen) atoms. The third-order valence-corrected chi connectivity index (χ3v) is 4.29. The summed E-state index contributed by atoms with van der Waals surface area (Å²) in [6.07, 6.45) is 4.58. The van der Waals surface area contributed by atoms with Crippen molar-refractivity contribution in [1.82, 2.24) is 20.2 Å². The van der Waals surface area contributed by atoms with E-state index >= 15 is 0 Å². The Hall–Kier alpha value is -1.20. The molecule has 0 saturated carbocycles. The maximum Gasteiger partial charge on any atom is 0.131 e. The van der Waals surface area contributed by atoms with Gasteiger partial charge in [-0.2, -0.15) is 0 Å². The molecule has 1 aromatic heterocycles. The summed E-state index contributed by atoms with van der Waals surface area (Å²) in [7, 11) is 6.34. The van der Waals surface area contributed by atoms with Crippen LogP contribution in [0.25, 0.3) is 0 Å². The summed E-state index contributed by atoms with van der Waals surface area (Å²) in [4.78, 5) is 14.1. The highest BCUT2D eigenvalue weighted by atomic mass is 15.2. The van der Waals surface area contributed by atoms with E-state index in [0.717, 1.165) is 30.3 Å². The minimum absolute atomic E-state index is 0.362. The van der Waals surface area contributed by atoms with Crippen LogP contribution in [0.2, 0.25) is 0 Å². The third kappa shape index (κ3) is 3.92. The molecule has 5 heteroatoms. The lowest BCUT2D eigenvalue weighted by Gasteiger charge is -2.28. The minimum atomic E-state index is 0.362. The Bertz CT molecular complexity index is 460. The summed E-state index contributed by atoms with van der Waals surface area (Å²) < 4.78 is 0. The van der Waals surface area contributed by atoms with Crippen molar-refractivity contribution in [3.63, 3.8) is 0 Å². The number of aromatic nitrogens is 2. The van der Waals surface area contributed by atoms with Crippen LogP contribution in [0, 0.1) is 0 Å². The molecule has 1 atom stereocenters. The summed E-state index contributed by atoms with van der Waals surface area (Å²) in [5, 5.41) is 3.22. The van der Waals surface area contributed by atoms with Gasteiger partial charge in [-0.15, -0.1) is 0 Å². The Labute approximate surface area is 128 Å². The van der Waals surface area contributed by atoms with Crippen molar-refractivity contribution < 1.29 is 0 Å². The van der Waals surface area contributed by atoms with Crippen molar-refractivity contribution in [2.45, 2.75) is 45.2 Å². The van der Waals surface area contributed by atoms with Crippen LogP contribution in [-0.2, 0) is 6.54 Å². The Kier molecular flexibility index (Phi) is 5.53. The summed E-state index contributed by atoms with van der Waals surface area (Å²) >= 11 is 0. The van der Waals surface area contributed by atoms with Crippen molar-refractivity contribution in [3.05, 3.63) is 17.7 Å². The molecule has 1 aromatic rings. The van der Waals surface area contributed by atoms with E-state index < -0.39 is 0 Å². The molecular weight excluding hydrogens is 262 g/mol. The van der Waals surface area contributed by atoms with Gasteiger partial charge in [-0.1, -0.05) is 13.8 Å². The van der Waals surface area contributed by atoms with Gasteiger partial charge in [0.05, 0.1) is 17.6 Å². The molecule has 118 valence electrons. The highest BCUT2D eigenvalue weighted by molar-refractivity contribution is 5.48. The van der Waals surface area contributed by atoms with Gasteiger partial charge in [-0.05, 0) is 33.5 Å². The molecule has 0 radical (unpaired) electrons. The molecule has 2 heterocycles. The second-order valence-corrected chi connectivity index (χ2v) is 6.40. The van der Waals surface area contributed by atoms with E-state index in [1.807, 2.05) is 13.2 Å². The maximum atomic E-state index is 4.75. The lowest BCUT2D eigenvalue weighted by Crippen LogP contribution is -2.37. The van der Waals surface area contributed by atoms with Crippen molar-refractivity contribution >= 4 is 5.69 Å². The van der Waals surface area contributed by atoms with Crippen molar-refractivity contribution in [2.24, 2.45) is 0 Å². The molecule has 0 aliphatic carbocycles. The smallest absolute Gasteiger partial charge is 0.131 e. The summed E-state index contributed by atoms with van der Waals surface area (Å²) in [5.74, 6) is 1.29. The number of hydrogen-bond acceptors (Lipinski definition) is 5. The van der Waals surface area contributed by atoms with Crippen LogP contribution in [0.5, 0.6) is 0 Å². The van der Waals surface area contributed by atoms with Crippen molar-refractivity contribution in [1.29, 1.82) is 0 Å². The van der Waals surface area contributed by atoms with E-state index in [1.165, 1.54) is 19.4 Å². The van der Waals surface area contributed by atoms with E-state index in [1.54, 1.807) is 0 Å². The second-order valence-electron chi connectivity index (χ2n) is 6.40. The highest BCUT2D eigenvalue weighted by Gasteiger charge is 2.23. The van der Waals surface area contributed by atoms with Gasteiger partial charge >= 0.3 is 0 Å². The molecular formula is C16H29N5. The molecule has 1 fully saturated rings. The highest BCUT2D eigenvalue weighted by Crippen LogP contribution is 2.22. The van der Waals surface area contributed by atoms with Crippen LogP contribution in [0.15, 0.2) is 6.20 Å². The quantitative estimate of drug-likeness (QED) is 0.866. The standard InChI is InChI=1S/C16H29N5/c1-12(2)16-18-10-15(14(19-16)9-17-3)21(5)11-13-7-6-8-20(13)4/h10,12-13,17H,6-9,11H2,1-5H3. The van der Waals surface area contributed by atoms with Crippen molar-refractivity contribution in [2.75, 3.05) is 39.1 Å². The van der Waals surface area contributed by atoms with Crippen molar-refractivity contribution in [3.8, 4) is 0 Å². The van der Waals surface area contributed by atoms with Gasteiger partial charge in [0.15, 0.2) is 0 Å². The largest absolute Gasteiger partial charge is 0.370 e. The van der Waals surface area contributed by atoms with Crippen LogP contribution in [-0.4, -0.2) is 55.1 Å². The number of likely N-dealkylation sites (tertiary alicyclic amines) is 1. The molecule has 0 spiro atoms. The van der Waals surface area contributed by atoms with Crippen LogP contribution in [0.3, 0.4) is 0 Å². The normalized spacial score (nSPS) is 19.4. The van der Waals surface area contributed by atoms with Crippen LogP contribution in [0.1, 0.15) is 44.1 Å². The Morgan fingerprint density at radius 3 is 2.81 bits per heavy atom. The topological polar surface area (TPSA) is 44.3 Å². The number of likely N-dealkylation sites (N-methyl/N-ethyl adjacent to an activating group) is 2. The molecule has 0 amide bonds. The summed E-state index contributed by atoms with van der Waals surface area (Å²) in [6.45, 7) is 7.30. The average Bonchev–Trinajstić information content (AvgIpc) is 2.84. The Balaban J connectivity index is 2.16. The van der Waals surface area contributed by atoms with Gasteiger partial charge in [0.25, 0.3) is 0 Å². The van der Waals surface area contributed by atoms with Crippen LogP contribution in [0.4, 0.5) is 5.69 Å². The minimum Gasteiger partial charge on any atom is -0.370 e. The number of anilines is 1. The maximum absolute atomic E-state index is 4.75. The number of nitrogens with one attached hydrogen (secondary N) is 1. The van der Waals surface area contributed by atoms with E-state index in [4.69, 9.17) is 4.98 Å². The molecule has 1 aliphatic rings. The van der Waals surface area contributed by atoms with Crippen LogP contribution >= 0.6 is 0 Å². The number of hydrogen-bond donors (Lipinski definition) is 1. The van der Waals surface area contributed by atoms with Crippen LogP contribution < -0.4 is 10.2 Å². The first-order chi connectivity index (χ1) is 10.0.